The number of fused-ring (bicyclic) bond motifs is 2. The van der Waals surface area contributed by atoms with Crippen LogP contribution in [0.4, 0.5) is 0 Å². The third kappa shape index (κ3) is 2.92. The summed E-state index contributed by atoms with van der Waals surface area (Å²) in [5.41, 5.74) is 3.57. The number of hydrogen-bond donors (Lipinski definition) is 0. The summed E-state index contributed by atoms with van der Waals surface area (Å²) in [6, 6.07) is 1.81. The van der Waals surface area contributed by atoms with E-state index in [1.165, 1.54) is 29.9 Å². The maximum absolute atomic E-state index is 12.2. The number of likely N-dealkylation sites (tertiary alicyclic amines) is 1. The van der Waals surface area contributed by atoms with Gasteiger partial charge in [-0.1, -0.05) is 0 Å². The first-order chi connectivity index (χ1) is 12.2. The topological polar surface area (TPSA) is 56.0 Å². The van der Waals surface area contributed by atoms with Gasteiger partial charge in [-0.15, -0.1) is 0 Å². The van der Waals surface area contributed by atoms with E-state index in [4.69, 9.17) is 4.98 Å². The Labute approximate surface area is 147 Å². The third-order valence-corrected chi connectivity index (χ3v) is 5.83. The SMILES string of the molecule is O=c1cc2c(nn1CC1CN(Cc3cn4c(n3)CCCC4)C1)CCC2. The van der Waals surface area contributed by atoms with Crippen molar-refractivity contribution in [3.63, 3.8) is 0 Å². The summed E-state index contributed by atoms with van der Waals surface area (Å²) in [6.07, 6.45) is 9.07. The predicted molar refractivity (Wildman–Crippen MR) is 94.5 cm³/mol. The summed E-state index contributed by atoms with van der Waals surface area (Å²) in [4.78, 5) is 19.4. The Balaban J connectivity index is 1.18. The average Bonchev–Trinajstić information content (AvgIpc) is 3.18. The highest BCUT2D eigenvalue weighted by Gasteiger charge is 2.29. The van der Waals surface area contributed by atoms with Crippen LogP contribution in [0, 0.1) is 5.92 Å². The molecule has 1 saturated heterocycles. The quantitative estimate of drug-likeness (QED) is 0.845. The number of nitrogens with zero attached hydrogens (tertiary/aromatic N) is 5. The van der Waals surface area contributed by atoms with Crippen molar-refractivity contribution in [1.29, 1.82) is 0 Å². The molecule has 4 heterocycles. The number of imidazole rings is 1. The van der Waals surface area contributed by atoms with Gasteiger partial charge in [0.25, 0.3) is 5.56 Å². The molecule has 3 aliphatic rings. The molecule has 25 heavy (non-hydrogen) atoms. The molecule has 1 fully saturated rings. The molecule has 0 N–H and O–H groups in total. The first kappa shape index (κ1) is 15.3. The molecule has 0 spiro atoms. The van der Waals surface area contributed by atoms with Gasteiger partial charge in [0.2, 0.25) is 0 Å². The molecule has 2 aliphatic heterocycles. The lowest BCUT2D eigenvalue weighted by Gasteiger charge is -2.38. The fraction of sp³-hybridized carbons (Fsp3) is 0.632. The summed E-state index contributed by atoms with van der Waals surface area (Å²) >= 11 is 0. The minimum absolute atomic E-state index is 0.0703. The zero-order chi connectivity index (χ0) is 16.8. The van der Waals surface area contributed by atoms with Gasteiger partial charge >= 0.3 is 0 Å². The molecule has 0 radical (unpaired) electrons. The molecular weight excluding hydrogens is 314 g/mol. The van der Waals surface area contributed by atoms with Crippen LogP contribution in [0.25, 0.3) is 0 Å². The molecule has 5 rings (SSSR count). The Kier molecular flexibility index (Phi) is 3.73. The summed E-state index contributed by atoms with van der Waals surface area (Å²) in [5.74, 6) is 1.79. The summed E-state index contributed by atoms with van der Waals surface area (Å²) in [6.45, 7) is 4.88. The van der Waals surface area contributed by atoms with Crippen molar-refractivity contribution in [3.05, 3.63) is 45.4 Å². The van der Waals surface area contributed by atoms with E-state index in [9.17, 15) is 4.79 Å². The lowest BCUT2D eigenvalue weighted by molar-refractivity contribution is 0.0753. The first-order valence-corrected chi connectivity index (χ1v) is 9.62. The number of aryl methyl sites for hydroxylation is 4. The molecule has 0 saturated carbocycles. The van der Waals surface area contributed by atoms with E-state index in [1.807, 2.05) is 0 Å². The zero-order valence-electron chi connectivity index (χ0n) is 14.7. The molecule has 2 aromatic heterocycles. The van der Waals surface area contributed by atoms with E-state index in [-0.39, 0.29) is 5.56 Å². The van der Waals surface area contributed by atoms with Crippen LogP contribution in [-0.2, 0) is 38.9 Å². The predicted octanol–water partition coefficient (Wildman–Crippen LogP) is 1.40. The monoisotopic (exact) mass is 339 g/mol. The number of hydrogen-bond acceptors (Lipinski definition) is 4. The highest BCUT2D eigenvalue weighted by atomic mass is 16.1. The summed E-state index contributed by atoms with van der Waals surface area (Å²) in [5, 5.41) is 4.60. The largest absolute Gasteiger partial charge is 0.335 e. The molecule has 0 bridgehead atoms. The second-order valence-electron chi connectivity index (χ2n) is 7.85. The lowest BCUT2D eigenvalue weighted by Crippen LogP contribution is -2.49. The molecule has 0 amide bonds. The fourth-order valence-corrected chi connectivity index (χ4v) is 4.51. The Hall–Kier alpha value is -1.95. The second-order valence-corrected chi connectivity index (χ2v) is 7.85. The van der Waals surface area contributed by atoms with Gasteiger partial charge in [-0.3, -0.25) is 9.69 Å². The molecule has 0 unspecified atom stereocenters. The van der Waals surface area contributed by atoms with Crippen molar-refractivity contribution in [2.24, 2.45) is 5.92 Å². The van der Waals surface area contributed by atoms with Crippen LogP contribution in [0.5, 0.6) is 0 Å². The van der Waals surface area contributed by atoms with Gasteiger partial charge in [0.1, 0.15) is 5.82 Å². The zero-order valence-corrected chi connectivity index (χ0v) is 14.7. The van der Waals surface area contributed by atoms with Crippen LogP contribution in [0.2, 0.25) is 0 Å². The fourth-order valence-electron chi connectivity index (χ4n) is 4.51. The van der Waals surface area contributed by atoms with E-state index < -0.39 is 0 Å². The molecule has 6 heteroatoms. The highest BCUT2D eigenvalue weighted by molar-refractivity contribution is 5.22. The van der Waals surface area contributed by atoms with E-state index in [1.54, 1.807) is 10.7 Å². The smallest absolute Gasteiger partial charge is 0.267 e. The van der Waals surface area contributed by atoms with Gasteiger partial charge in [0.15, 0.2) is 0 Å². The van der Waals surface area contributed by atoms with Crippen LogP contribution >= 0.6 is 0 Å². The van der Waals surface area contributed by atoms with Crippen LogP contribution < -0.4 is 5.56 Å². The van der Waals surface area contributed by atoms with Crippen LogP contribution in [0.3, 0.4) is 0 Å². The van der Waals surface area contributed by atoms with Gasteiger partial charge in [-0.2, -0.15) is 5.10 Å². The Bertz CT molecular complexity index is 822. The molecular formula is C19H25N5O. The van der Waals surface area contributed by atoms with Gasteiger partial charge < -0.3 is 4.57 Å². The Morgan fingerprint density at radius 2 is 2.04 bits per heavy atom. The van der Waals surface area contributed by atoms with Gasteiger partial charge in [-0.25, -0.2) is 9.67 Å². The van der Waals surface area contributed by atoms with E-state index >= 15 is 0 Å². The maximum atomic E-state index is 12.2. The van der Waals surface area contributed by atoms with Crippen molar-refractivity contribution in [2.75, 3.05) is 13.1 Å². The molecule has 0 aromatic carbocycles. The molecule has 2 aromatic rings. The highest BCUT2D eigenvalue weighted by Crippen LogP contribution is 2.22. The maximum Gasteiger partial charge on any atom is 0.267 e. The van der Waals surface area contributed by atoms with E-state index in [0.717, 1.165) is 64.1 Å². The minimum Gasteiger partial charge on any atom is -0.335 e. The molecule has 132 valence electrons. The second kappa shape index (κ2) is 6.09. The third-order valence-electron chi connectivity index (χ3n) is 5.83. The summed E-state index contributed by atoms with van der Waals surface area (Å²) < 4.78 is 4.02. The first-order valence-electron chi connectivity index (χ1n) is 9.62. The standard InChI is InChI=1S/C19H25N5O/c25-19-8-15-4-3-5-17(15)21-24(19)11-14-9-22(10-14)12-16-13-23-7-2-1-6-18(23)20-16/h8,13-14H,1-7,9-12H2. The lowest BCUT2D eigenvalue weighted by atomic mass is 10.00. The molecule has 1 aliphatic carbocycles. The number of aromatic nitrogens is 4. The normalized spacial score (nSPS) is 20.3. The van der Waals surface area contributed by atoms with Crippen LogP contribution in [-0.4, -0.2) is 37.3 Å². The Morgan fingerprint density at radius 3 is 2.92 bits per heavy atom. The minimum atomic E-state index is 0.0703. The van der Waals surface area contributed by atoms with Gasteiger partial charge in [0.05, 0.1) is 17.9 Å². The number of rotatable bonds is 4. The van der Waals surface area contributed by atoms with E-state index in [2.05, 4.69) is 20.8 Å². The van der Waals surface area contributed by atoms with Crippen LogP contribution in [0.15, 0.2) is 17.1 Å². The molecule has 6 nitrogen and oxygen atoms in total. The Morgan fingerprint density at radius 1 is 1.12 bits per heavy atom. The average molecular weight is 339 g/mol. The van der Waals surface area contributed by atoms with Crippen molar-refractivity contribution < 1.29 is 0 Å². The van der Waals surface area contributed by atoms with Crippen molar-refractivity contribution in [2.45, 2.75) is 58.2 Å². The molecule has 0 atom stereocenters. The van der Waals surface area contributed by atoms with Gasteiger partial charge in [0, 0.05) is 50.8 Å². The van der Waals surface area contributed by atoms with Crippen LogP contribution in [0.1, 0.15) is 42.0 Å². The summed E-state index contributed by atoms with van der Waals surface area (Å²) in [7, 11) is 0. The van der Waals surface area contributed by atoms with Crippen molar-refractivity contribution in [1.82, 2.24) is 24.2 Å². The van der Waals surface area contributed by atoms with E-state index in [0.29, 0.717) is 5.92 Å². The van der Waals surface area contributed by atoms with Crippen molar-refractivity contribution >= 4 is 0 Å². The van der Waals surface area contributed by atoms with Crippen molar-refractivity contribution in [3.8, 4) is 0 Å². The van der Waals surface area contributed by atoms with Gasteiger partial charge in [-0.05, 0) is 37.7 Å².